The third kappa shape index (κ3) is 6.96. The normalized spacial score (nSPS) is 26.2. The van der Waals surface area contributed by atoms with E-state index in [0.717, 1.165) is 50.2 Å². The molecule has 3 N–H and O–H groups in total. The van der Waals surface area contributed by atoms with Gasteiger partial charge in [-0.05, 0) is 32.1 Å². The molecule has 0 aromatic rings. The van der Waals surface area contributed by atoms with Crippen LogP contribution in [0.2, 0.25) is 0 Å². The number of hydrogen-bond acceptors (Lipinski definition) is 3. The number of nitrogens with zero attached hydrogens (tertiary/aromatic N) is 1. The van der Waals surface area contributed by atoms with Crippen LogP contribution in [-0.2, 0) is 15.6 Å². The Labute approximate surface area is 154 Å². The lowest BCUT2D eigenvalue weighted by Crippen LogP contribution is -2.47. The minimum absolute atomic E-state index is 0.117. The Morgan fingerprint density at radius 1 is 1.08 bits per heavy atom. The van der Waals surface area contributed by atoms with Gasteiger partial charge in [-0.15, -0.1) is 0 Å². The fourth-order valence-corrected chi connectivity index (χ4v) is 5.15. The number of carbonyl (C=O) groups is 1. The Hall–Kier alpha value is -1.11. The second-order valence-electron chi connectivity index (χ2n) is 7.10. The van der Waals surface area contributed by atoms with Crippen molar-refractivity contribution in [1.82, 2.24) is 16.0 Å². The second kappa shape index (κ2) is 10.8. The van der Waals surface area contributed by atoms with Crippen molar-refractivity contribution in [2.24, 2.45) is 4.99 Å². The molecule has 3 atom stereocenters. The van der Waals surface area contributed by atoms with Gasteiger partial charge in [0, 0.05) is 53.9 Å². The second-order valence-corrected chi connectivity index (χ2v) is 9.10. The van der Waals surface area contributed by atoms with Crippen LogP contribution in [0.1, 0.15) is 64.7 Å². The Morgan fingerprint density at radius 3 is 2.48 bits per heavy atom. The van der Waals surface area contributed by atoms with Crippen molar-refractivity contribution >= 4 is 22.7 Å². The highest BCUT2D eigenvalue weighted by Gasteiger charge is 2.26. The molecule has 0 radical (unpaired) electrons. The molecule has 2 aliphatic rings. The van der Waals surface area contributed by atoms with Gasteiger partial charge in [0.25, 0.3) is 0 Å². The van der Waals surface area contributed by atoms with Crippen molar-refractivity contribution in [3.8, 4) is 0 Å². The van der Waals surface area contributed by atoms with E-state index >= 15 is 0 Å². The van der Waals surface area contributed by atoms with Gasteiger partial charge in [0.15, 0.2) is 5.96 Å². The first-order valence-electron chi connectivity index (χ1n) is 9.76. The number of carbonyl (C=O) groups excluding carboxylic acids is 1. The summed E-state index contributed by atoms with van der Waals surface area (Å²) in [4.78, 5) is 16.2. The van der Waals surface area contributed by atoms with E-state index in [9.17, 15) is 9.00 Å². The van der Waals surface area contributed by atoms with Gasteiger partial charge >= 0.3 is 0 Å². The number of guanidine groups is 1. The standard InChI is InChI=1S/C18H34N4O2S/c1-3-25(24)16-10-6-9-15(13-16)22-18(19-2)20-12-11-17(23)21-14-7-4-5-8-14/h14-16H,3-13H2,1-2H3,(H,21,23)(H2,19,20,22). The van der Waals surface area contributed by atoms with Gasteiger partial charge in [0.1, 0.15) is 0 Å². The van der Waals surface area contributed by atoms with Crippen LogP contribution in [-0.4, -0.2) is 52.8 Å². The average Bonchev–Trinajstić information content (AvgIpc) is 3.13. The Bertz CT molecular complexity index is 478. The van der Waals surface area contributed by atoms with E-state index < -0.39 is 10.8 Å². The van der Waals surface area contributed by atoms with E-state index in [0.29, 0.717) is 30.3 Å². The van der Waals surface area contributed by atoms with Crippen molar-refractivity contribution in [3.63, 3.8) is 0 Å². The van der Waals surface area contributed by atoms with Crippen molar-refractivity contribution in [1.29, 1.82) is 0 Å². The molecular formula is C18H34N4O2S. The zero-order valence-corrected chi connectivity index (χ0v) is 16.5. The number of nitrogens with one attached hydrogen (secondary N) is 3. The number of amides is 1. The molecule has 144 valence electrons. The Balaban J connectivity index is 1.67. The summed E-state index contributed by atoms with van der Waals surface area (Å²) >= 11 is 0. The van der Waals surface area contributed by atoms with Gasteiger partial charge in [0.05, 0.1) is 0 Å². The fraction of sp³-hybridized carbons (Fsp3) is 0.889. The molecule has 2 rings (SSSR count). The summed E-state index contributed by atoms with van der Waals surface area (Å²) in [6.45, 7) is 2.57. The molecule has 3 unspecified atom stereocenters. The van der Waals surface area contributed by atoms with Gasteiger partial charge in [-0.1, -0.05) is 26.2 Å². The van der Waals surface area contributed by atoms with E-state index in [4.69, 9.17) is 0 Å². The minimum atomic E-state index is -0.718. The fourth-order valence-electron chi connectivity index (χ4n) is 3.80. The van der Waals surface area contributed by atoms with Crippen LogP contribution in [0.15, 0.2) is 4.99 Å². The van der Waals surface area contributed by atoms with E-state index in [1.54, 1.807) is 7.05 Å². The average molecular weight is 371 g/mol. The minimum Gasteiger partial charge on any atom is -0.356 e. The van der Waals surface area contributed by atoms with Gasteiger partial charge < -0.3 is 16.0 Å². The van der Waals surface area contributed by atoms with Gasteiger partial charge in [-0.25, -0.2) is 0 Å². The summed E-state index contributed by atoms with van der Waals surface area (Å²) < 4.78 is 12.0. The molecule has 0 bridgehead atoms. The van der Waals surface area contributed by atoms with Crippen molar-refractivity contribution < 1.29 is 9.00 Å². The molecule has 7 heteroatoms. The maximum absolute atomic E-state index is 12.0. The van der Waals surface area contributed by atoms with Crippen LogP contribution in [0.3, 0.4) is 0 Å². The first-order chi connectivity index (χ1) is 12.1. The topological polar surface area (TPSA) is 82.6 Å². The zero-order valence-electron chi connectivity index (χ0n) is 15.7. The lowest BCUT2D eigenvalue weighted by molar-refractivity contribution is -0.121. The Morgan fingerprint density at radius 2 is 1.80 bits per heavy atom. The molecule has 0 aromatic carbocycles. The van der Waals surface area contributed by atoms with Gasteiger partial charge in [-0.2, -0.15) is 0 Å². The lowest BCUT2D eigenvalue weighted by atomic mass is 9.95. The summed E-state index contributed by atoms with van der Waals surface area (Å²) in [6.07, 6.45) is 9.33. The quantitative estimate of drug-likeness (QED) is 0.470. The highest BCUT2D eigenvalue weighted by atomic mass is 32.2. The molecule has 2 fully saturated rings. The molecule has 0 aromatic heterocycles. The first kappa shape index (κ1) is 20.2. The predicted octanol–water partition coefficient (Wildman–Crippen LogP) is 1.68. The summed E-state index contributed by atoms with van der Waals surface area (Å²) in [5.74, 6) is 1.59. The van der Waals surface area contributed by atoms with E-state index in [2.05, 4.69) is 20.9 Å². The van der Waals surface area contributed by atoms with E-state index in [-0.39, 0.29) is 5.91 Å². The van der Waals surface area contributed by atoms with Crippen LogP contribution in [0.25, 0.3) is 0 Å². The largest absolute Gasteiger partial charge is 0.356 e. The Kier molecular flexibility index (Phi) is 8.72. The maximum atomic E-state index is 12.0. The van der Waals surface area contributed by atoms with Gasteiger partial charge in [0.2, 0.25) is 5.91 Å². The molecule has 0 aliphatic heterocycles. The molecule has 25 heavy (non-hydrogen) atoms. The highest BCUT2D eigenvalue weighted by molar-refractivity contribution is 7.85. The van der Waals surface area contributed by atoms with Gasteiger partial charge in [-0.3, -0.25) is 14.0 Å². The summed E-state index contributed by atoms with van der Waals surface area (Å²) in [6, 6.07) is 0.691. The summed E-state index contributed by atoms with van der Waals surface area (Å²) in [5.41, 5.74) is 0. The highest BCUT2D eigenvalue weighted by Crippen LogP contribution is 2.23. The van der Waals surface area contributed by atoms with Crippen LogP contribution >= 0.6 is 0 Å². The molecule has 0 heterocycles. The molecule has 6 nitrogen and oxygen atoms in total. The summed E-state index contributed by atoms with van der Waals surface area (Å²) in [5, 5.41) is 10.1. The molecule has 2 aliphatic carbocycles. The lowest BCUT2D eigenvalue weighted by Gasteiger charge is -2.30. The zero-order chi connectivity index (χ0) is 18.1. The van der Waals surface area contributed by atoms with E-state index in [1.165, 1.54) is 12.8 Å². The molecule has 2 saturated carbocycles. The van der Waals surface area contributed by atoms with Crippen LogP contribution in [0.4, 0.5) is 0 Å². The van der Waals surface area contributed by atoms with Crippen LogP contribution < -0.4 is 16.0 Å². The molecule has 0 saturated heterocycles. The third-order valence-corrected chi connectivity index (χ3v) is 6.95. The molecular weight excluding hydrogens is 336 g/mol. The smallest absolute Gasteiger partial charge is 0.221 e. The van der Waals surface area contributed by atoms with Crippen molar-refractivity contribution in [2.75, 3.05) is 19.3 Å². The number of aliphatic imine (C=N–C) groups is 1. The summed E-state index contributed by atoms with van der Waals surface area (Å²) in [7, 11) is 1.03. The van der Waals surface area contributed by atoms with Crippen LogP contribution in [0, 0.1) is 0 Å². The SMILES string of the molecule is CCS(=O)C1CCCC(NC(=NC)NCCC(=O)NC2CCCC2)C1. The third-order valence-electron chi connectivity index (χ3n) is 5.21. The molecule has 1 amide bonds. The predicted molar refractivity (Wildman–Crippen MR) is 104 cm³/mol. The van der Waals surface area contributed by atoms with Crippen molar-refractivity contribution in [2.45, 2.75) is 82.0 Å². The monoisotopic (exact) mass is 370 g/mol. The number of rotatable bonds is 7. The first-order valence-corrected chi connectivity index (χ1v) is 11.1. The van der Waals surface area contributed by atoms with Crippen molar-refractivity contribution in [3.05, 3.63) is 0 Å². The number of hydrogen-bond donors (Lipinski definition) is 3. The van der Waals surface area contributed by atoms with Crippen LogP contribution in [0.5, 0.6) is 0 Å². The maximum Gasteiger partial charge on any atom is 0.221 e. The molecule has 0 spiro atoms. The van der Waals surface area contributed by atoms with E-state index in [1.807, 2.05) is 6.92 Å².